The molecule has 1 spiro atoms. The summed E-state index contributed by atoms with van der Waals surface area (Å²) in [7, 11) is 1.51. The number of rotatable bonds is 12. The predicted octanol–water partition coefficient (Wildman–Crippen LogP) is 8.25. The second-order valence-corrected chi connectivity index (χ2v) is 20.9. The number of hydrogen-bond acceptors (Lipinski definition) is 12. The SMILES string of the molecule is C#Cc1c(F)ccc2cc(O)cc(-c3ncc4c(N5CCCC(F)(F)C5)nc(OC[C@H](C)CN5CCN(CC6CCC7(CC6)CCN(C(=O)c6ccc(OC)c(N8CCC(=O)NC8=O)c6)CC7)CC5)nc4c3F)c12. The van der Waals surface area contributed by atoms with Gasteiger partial charge >= 0.3 is 12.0 Å². The second kappa shape index (κ2) is 20.9. The number of aromatic nitrogens is 3. The van der Waals surface area contributed by atoms with Gasteiger partial charge in [-0.05, 0) is 98.1 Å². The maximum atomic E-state index is 16.9. The largest absolute Gasteiger partial charge is 0.508 e. The summed E-state index contributed by atoms with van der Waals surface area (Å²) in [6, 6.07) is 9.67. The number of ether oxygens (including phenoxy) is 2. The van der Waals surface area contributed by atoms with Gasteiger partial charge in [0.15, 0.2) is 5.82 Å². The van der Waals surface area contributed by atoms with E-state index in [1.807, 2.05) is 11.8 Å². The van der Waals surface area contributed by atoms with Crippen molar-refractivity contribution in [3.63, 3.8) is 0 Å². The first kappa shape index (κ1) is 50.7. The molecule has 5 aliphatic rings. The zero-order chi connectivity index (χ0) is 51.9. The van der Waals surface area contributed by atoms with E-state index in [2.05, 4.69) is 36.0 Å². The van der Waals surface area contributed by atoms with Crippen LogP contribution in [0.15, 0.2) is 48.7 Å². The Hall–Kier alpha value is -6.78. The van der Waals surface area contributed by atoms with Gasteiger partial charge in [-0.15, -0.1) is 6.42 Å². The van der Waals surface area contributed by atoms with E-state index in [4.69, 9.17) is 15.9 Å². The minimum Gasteiger partial charge on any atom is -0.508 e. The molecule has 4 aliphatic heterocycles. The lowest BCUT2D eigenvalue weighted by Gasteiger charge is -2.47. The number of methoxy groups -OCH3 is 1. The molecule has 6 heterocycles. The number of benzene rings is 3. The van der Waals surface area contributed by atoms with Gasteiger partial charge in [0.2, 0.25) is 5.91 Å². The number of pyridine rings is 1. The molecule has 19 heteroatoms. The quantitative estimate of drug-likeness (QED) is 0.0913. The van der Waals surface area contributed by atoms with Gasteiger partial charge in [-0.1, -0.05) is 18.9 Å². The highest BCUT2D eigenvalue weighted by atomic mass is 19.3. The first-order chi connectivity index (χ1) is 35.6. The fourth-order valence-electron chi connectivity index (χ4n) is 11.8. The molecule has 2 aromatic heterocycles. The number of piperazine rings is 1. The molecule has 5 aromatic rings. The van der Waals surface area contributed by atoms with Crippen LogP contribution in [0.3, 0.4) is 0 Å². The Morgan fingerprint density at radius 1 is 0.946 bits per heavy atom. The van der Waals surface area contributed by atoms with E-state index in [1.54, 1.807) is 18.2 Å². The molecule has 4 amide bonds. The molecule has 3 aromatic carbocycles. The van der Waals surface area contributed by atoms with E-state index in [-0.39, 0.29) is 113 Å². The van der Waals surface area contributed by atoms with Crippen LogP contribution in [-0.2, 0) is 4.79 Å². The molecule has 0 radical (unpaired) electrons. The summed E-state index contributed by atoms with van der Waals surface area (Å²) in [5.74, 6) is -1.76. The van der Waals surface area contributed by atoms with Gasteiger partial charge in [-0.2, -0.15) is 9.97 Å². The molecule has 2 N–H and O–H groups in total. The Morgan fingerprint density at radius 2 is 1.70 bits per heavy atom. The number of alkyl halides is 2. The van der Waals surface area contributed by atoms with E-state index < -0.39 is 30.1 Å². The van der Waals surface area contributed by atoms with Gasteiger partial charge in [0, 0.05) is 107 Å². The standard InChI is InChI=1S/C55H61F4N9O6/c1-4-39-42(56)8-6-36-26-38(69)28-40(46(36)39)48-47(57)49-41(29-60-48)50(67-18-5-13-55(58,59)33-67)63-52(62-49)74-32-34(2)30-64-22-24-65(25-23-64)31-35-10-14-54(15-11-35)16-20-66(21-17-54)51(71)37-7-9-44(73-3)43(27-37)68-19-12-45(70)61-53(68)72/h1,6-9,26-29,34-35,69H,5,10-25,30-33H2,2-3H3,(H,61,70,72)/t34-/m1/s1. The molecule has 0 unspecified atom stereocenters. The third-order valence-corrected chi connectivity index (χ3v) is 15.9. The number of phenolic OH excluding ortho intramolecular Hbond substituents is 1. The normalized spacial score (nSPS) is 20.2. The number of phenols is 1. The van der Waals surface area contributed by atoms with Crippen LogP contribution in [0.5, 0.6) is 17.5 Å². The van der Waals surface area contributed by atoms with Crippen LogP contribution in [0.25, 0.3) is 32.9 Å². The number of nitrogens with zero attached hydrogens (tertiary/aromatic N) is 8. The number of carbonyl (C=O) groups excluding carboxylic acids is 3. The maximum Gasteiger partial charge on any atom is 0.328 e. The number of piperidine rings is 2. The van der Waals surface area contributed by atoms with Gasteiger partial charge < -0.3 is 34.2 Å². The number of urea groups is 1. The number of hydrogen-bond donors (Lipinski definition) is 2. The Bertz CT molecular complexity index is 3020. The first-order valence-corrected chi connectivity index (χ1v) is 25.7. The third-order valence-electron chi connectivity index (χ3n) is 15.9. The number of halogens is 4. The van der Waals surface area contributed by atoms with Crippen LogP contribution < -0.4 is 24.6 Å². The van der Waals surface area contributed by atoms with E-state index in [0.29, 0.717) is 41.4 Å². The number of aromatic hydroxyl groups is 1. The number of likely N-dealkylation sites (tertiary alicyclic amines) is 1. The minimum absolute atomic E-state index is 0.0120. The second-order valence-electron chi connectivity index (χ2n) is 20.9. The summed E-state index contributed by atoms with van der Waals surface area (Å²) in [4.78, 5) is 61.3. The predicted molar refractivity (Wildman–Crippen MR) is 272 cm³/mol. The van der Waals surface area contributed by atoms with E-state index >= 15 is 4.39 Å². The van der Waals surface area contributed by atoms with Crippen LogP contribution in [0.4, 0.5) is 33.9 Å². The molecule has 1 aliphatic carbocycles. The summed E-state index contributed by atoms with van der Waals surface area (Å²) >= 11 is 0. The molecule has 5 fully saturated rings. The molecule has 15 nitrogen and oxygen atoms in total. The number of anilines is 2. The fourth-order valence-corrected chi connectivity index (χ4v) is 11.8. The van der Waals surface area contributed by atoms with Crippen LogP contribution in [0.2, 0.25) is 0 Å². The van der Waals surface area contributed by atoms with Crippen LogP contribution in [-0.4, -0.2) is 144 Å². The van der Waals surface area contributed by atoms with Crippen LogP contribution in [0, 0.1) is 41.2 Å². The molecule has 4 saturated heterocycles. The Kier molecular flexibility index (Phi) is 14.3. The lowest BCUT2D eigenvalue weighted by Crippen LogP contribution is -2.50. The van der Waals surface area contributed by atoms with Crippen molar-refractivity contribution in [2.24, 2.45) is 17.3 Å². The number of amides is 4. The van der Waals surface area contributed by atoms with Crippen molar-refractivity contribution in [3.8, 4) is 41.1 Å². The zero-order valence-electron chi connectivity index (χ0n) is 41.8. The Balaban J connectivity index is 0.728. The van der Waals surface area contributed by atoms with Gasteiger partial charge in [-0.3, -0.25) is 24.8 Å². The fraction of sp³-hybridized carbons (Fsp3) is 0.491. The summed E-state index contributed by atoms with van der Waals surface area (Å²) in [6.07, 6.45) is 13.6. The Morgan fingerprint density at radius 3 is 2.42 bits per heavy atom. The number of imide groups is 1. The number of fused-ring (bicyclic) bond motifs is 2. The average Bonchev–Trinajstić information content (AvgIpc) is 3.39. The topological polar surface area (TPSA) is 157 Å². The summed E-state index contributed by atoms with van der Waals surface area (Å²) < 4.78 is 73.2. The highest BCUT2D eigenvalue weighted by Crippen LogP contribution is 2.47. The smallest absolute Gasteiger partial charge is 0.328 e. The van der Waals surface area contributed by atoms with Gasteiger partial charge in [0.05, 0.1) is 36.9 Å². The molecular weight excluding hydrogens is 959 g/mol. The number of terminal acetylenes is 1. The average molecular weight is 1020 g/mol. The minimum atomic E-state index is -2.99. The van der Waals surface area contributed by atoms with Crippen molar-refractivity contribution in [1.29, 1.82) is 0 Å². The van der Waals surface area contributed by atoms with E-state index in [9.17, 15) is 32.7 Å². The van der Waals surface area contributed by atoms with Gasteiger partial charge in [-0.25, -0.2) is 22.4 Å². The molecule has 10 rings (SSSR count). The highest BCUT2D eigenvalue weighted by Gasteiger charge is 2.41. The maximum absolute atomic E-state index is 16.9. The lowest BCUT2D eigenvalue weighted by atomic mass is 9.65. The van der Waals surface area contributed by atoms with Crippen molar-refractivity contribution in [1.82, 2.24) is 35.0 Å². The summed E-state index contributed by atoms with van der Waals surface area (Å²) in [6.45, 7) is 8.89. The first-order valence-electron chi connectivity index (χ1n) is 25.7. The van der Waals surface area contributed by atoms with Gasteiger partial charge in [0.25, 0.3) is 11.8 Å². The lowest BCUT2D eigenvalue weighted by molar-refractivity contribution is -0.120. The Labute approximate surface area is 427 Å². The number of carbonyl (C=O) groups is 3. The monoisotopic (exact) mass is 1020 g/mol. The highest BCUT2D eigenvalue weighted by molar-refractivity contribution is 6.07. The molecule has 74 heavy (non-hydrogen) atoms. The van der Waals surface area contributed by atoms with E-state index in [0.717, 1.165) is 77.8 Å². The molecule has 1 saturated carbocycles. The third kappa shape index (κ3) is 10.5. The summed E-state index contributed by atoms with van der Waals surface area (Å²) in [5, 5.41) is 13.6. The van der Waals surface area contributed by atoms with Crippen LogP contribution in [0.1, 0.15) is 80.6 Å². The molecule has 1 atom stereocenters. The molecular formula is C55H61F4N9O6. The van der Waals surface area contributed by atoms with Gasteiger partial charge in [0.1, 0.15) is 34.3 Å². The molecule has 0 bridgehead atoms. The van der Waals surface area contributed by atoms with Crippen molar-refractivity contribution in [2.75, 3.05) is 95.5 Å². The van der Waals surface area contributed by atoms with Crippen molar-refractivity contribution < 1.29 is 46.5 Å². The van der Waals surface area contributed by atoms with Crippen molar-refractivity contribution in [2.45, 2.75) is 70.6 Å². The molecule has 390 valence electrons. The van der Waals surface area contributed by atoms with Crippen molar-refractivity contribution >= 4 is 51.0 Å². The number of nitrogens with one attached hydrogen (secondary N) is 1. The van der Waals surface area contributed by atoms with E-state index in [1.165, 1.54) is 47.4 Å². The zero-order valence-corrected chi connectivity index (χ0v) is 41.8. The van der Waals surface area contributed by atoms with Crippen LogP contribution >= 0.6 is 0 Å². The summed E-state index contributed by atoms with van der Waals surface area (Å²) in [5.41, 5.74) is 0.619. The van der Waals surface area contributed by atoms with Crippen molar-refractivity contribution in [3.05, 3.63) is 71.4 Å².